The third-order valence-electron chi connectivity index (χ3n) is 6.32. The lowest BCUT2D eigenvalue weighted by atomic mass is 10.2. The molecule has 30 heavy (non-hydrogen) atoms. The van der Waals surface area contributed by atoms with Crippen molar-refractivity contribution in [3.8, 4) is 5.75 Å². The van der Waals surface area contributed by atoms with E-state index in [-0.39, 0.29) is 0 Å². The number of nitrogens with zero attached hydrogens (tertiary/aromatic N) is 5. The Hall–Kier alpha value is -1.99. The van der Waals surface area contributed by atoms with Crippen LogP contribution in [-0.4, -0.2) is 106 Å². The summed E-state index contributed by atoms with van der Waals surface area (Å²) in [6.07, 6.45) is 0. The highest BCUT2D eigenvalue weighted by Gasteiger charge is 2.22. The van der Waals surface area contributed by atoms with Gasteiger partial charge in [-0.1, -0.05) is 13.0 Å². The van der Waals surface area contributed by atoms with E-state index in [0.717, 1.165) is 70.6 Å². The van der Waals surface area contributed by atoms with E-state index in [1.807, 2.05) is 6.07 Å². The van der Waals surface area contributed by atoms with Gasteiger partial charge in [0.25, 0.3) is 0 Å². The summed E-state index contributed by atoms with van der Waals surface area (Å²) >= 11 is 0. The van der Waals surface area contributed by atoms with Crippen molar-refractivity contribution in [2.24, 2.45) is 4.99 Å². The molecule has 1 N–H and O–H groups in total. The maximum Gasteiger partial charge on any atom is 0.194 e. The third kappa shape index (κ3) is 6.01. The predicted molar refractivity (Wildman–Crippen MR) is 126 cm³/mol. The summed E-state index contributed by atoms with van der Waals surface area (Å²) < 4.78 is 5.38. The number of anilines is 1. The molecule has 1 unspecified atom stereocenters. The van der Waals surface area contributed by atoms with Crippen LogP contribution in [-0.2, 0) is 0 Å². The molecule has 0 radical (unpaired) electrons. The van der Waals surface area contributed by atoms with Gasteiger partial charge in [0.05, 0.1) is 13.7 Å². The highest BCUT2D eigenvalue weighted by molar-refractivity contribution is 5.80. The first-order chi connectivity index (χ1) is 14.6. The molecule has 3 rings (SSSR count). The van der Waals surface area contributed by atoms with Crippen LogP contribution in [0, 0.1) is 0 Å². The summed E-state index contributed by atoms with van der Waals surface area (Å²) in [5.41, 5.74) is 1.23. The van der Waals surface area contributed by atoms with Crippen molar-refractivity contribution in [2.45, 2.75) is 26.8 Å². The molecule has 2 saturated heterocycles. The standard InChI is InChI=1S/C23H40N6O/c1-5-24-23(25-19-20(3)27-12-10-26(6-2)11-13-27)29-16-14-28(15-17-29)21-8-7-9-22(18-21)30-4/h7-9,18,20H,5-6,10-17,19H2,1-4H3,(H,24,25). The monoisotopic (exact) mass is 416 g/mol. The van der Waals surface area contributed by atoms with Crippen molar-refractivity contribution in [3.63, 3.8) is 0 Å². The molecule has 0 spiro atoms. The minimum atomic E-state index is 0.482. The van der Waals surface area contributed by atoms with Crippen molar-refractivity contribution < 1.29 is 4.74 Å². The fourth-order valence-corrected chi connectivity index (χ4v) is 4.26. The van der Waals surface area contributed by atoms with Gasteiger partial charge in [0, 0.05) is 76.7 Å². The minimum Gasteiger partial charge on any atom is -0.497 e. The van der Waals surface area contributed by atoms with Crippen molar-refractivity contribution >= 4 is 11.6 Å². The Kier molecular flexibility index (Phi) is 8.63. The summed E-state index contributed by atoms with van der Waals surface area (Å²) in [5, 5.41) is 3.51. The van der Waals surface area contributed by atoms with E-state index in [9.17, 15) is 0 Å². The van der Waals surface area contributed by atoms with E-state index in [4.69, 9.17) is 9.73 Å². The van der Waals surface area contributed by atoms with Crippen molar-refractivity contribution in [3.05, 3.63) is 24.3 Å². The lowest BCUT2D eigenvalue weighted by Crippen LogP contribution is -2.53. The lowest BCUT2D eigenvalue weighted by molar-refractivity contribution is 0.109. The van der Waals surface area contributed by atoms with E-state index >= 15 is 0 Å². The molecule has 2 aliphatic rings. The summed E-state index contributed by atoms with van der Waals surface area (Å²) in [5.74, 6) is 1.97. The third-order valence-corrected chi connectivity index (χ3v) is 6.32. The Bertz CT molecular complexity index is 665. The van der Waals surface area contributed by atoms with Crippen LogP contribution in [0.2, 0.25) is 0 Å². The van der Waals surface area contributed by atoms with E-state index in [1.54, 1.807) is 7.11 Å². The number of nitrogens with one attached hydrogen (secondary N) is 1. The van der Waals surface area contributed by atoms with Crippen molar-refractivity contribution in [1.29, 1.82) is 0 Å². The number of likely N-dealkylation sites (N-methyl/N-ethyl adjacent to an activating group) is 1. The molecule has 0 aromatic heterocycles. The van der Waals surface area contributed by atoms with Gasteiger partial charge in [0.1, 0.15) is 5.75 Å². The van der Waals surface area contributed by atoms with Crippen LogP contribution in [0.5, 0.6) is 5.75 Å². The van der Waals surface area contributed by atoms with Gasteiger partial charge in [-0.25, -0.2) is 0 Å². The largest absolute Gasteiger partial charge is 0.497 e. The second kappa shape index (κ2) is 11.4. The van der Waals surface area contributed by atoms with Crippen LogP contribution >= 0.6 is 0 Å². The zero-order valence-electron chi connectivity index (χ0n) is 19.3. The first-order valence-corrected chi connectivity index (χ1v) is 11.5. The Balaban J connectivity index is 1.53. The van der Waals surface area contributed by atoms with E-state index in [0.29, 0.717) is 6.04 Å². The predicted octanol–water partition coefficient (Wildman–Crippen LogP) is 1.81. The number of piperazine rings is 2. The maximum atomic E-state index is 5.38. The minimum absolute atomic E-state index is 0.482. The molecule has 1 aromatic carbocycles. The zero-order chi connectivity index (χ0) is 21.3. The Morgan fingerprint density at radius 3 is 2.43 bits per heavy atom. The smallest absolute Gasteiger partial charge is 0.194 e. The zero-order valence-corrected chi connectivity index (χ0v) is 19.3. The molecular formula is C23H40N6O. The molecule has 7 nitrogen and oxygen atoms in total. The van der Waals surface area contributed by atoms with Crippen LogP contribution in [0.3, 0.4) is 0 Å². The second-order valence-corrected chi connectivity index (χ2v) is 8.19. The van der Waals surface area contributed by atoms with Gasteiger partial charge in [-0.3, -0.25) is 9.89 Å². The van der Waals surface area contributed by atoms with Crippen molar-refractivity contribution in [2.75, 3.05) is 84.0 Å². The van der Waals surface area contributed by atoms with E-state index < -0.39 is 0 Å². The first-order valence-electron chi connectivity index (χ1n) is 11.5. The molecular weight excluding hydrogens is 376 g/mol. The molecule has 2 heterocycles. The molecule has 0 bridgehead atoms. The highest BCUT2D eigenvalue weighted by atomic mass is 16.5. The number of rotatable bonds is 7. The highest BCUT2D eigenvalue weighted by Crippen LogP contribution is 2.22. The van der Waals surface area contributed by atoms with Gasteiger partial charge >= 0.3 is 0 Å². The van der Waals surface area contributed by atoms with Gasteiger partial charge in [-0.05, 0) is 32.5 Å². The number of benzene rings is 1. The van der Waals surface area contributed by atoms with Crippen LogP contribution in [0.4, 0.5) is 5.69 Å². The number of ether oxygens (including phenoxy) is 1. The number of hydrogen-bond donors (Lipinski definition) is 1. The van der Waals surface area contributed by atoms with E-state index in [2.05, 4.69) is 63.9 Å². The number of aliphatic imine (C=N–C) groups is 1. The van der Waals surface area contributed by atoms with Crippen LogP contribution < -0.4 is 15.0 Å². The fourth-order valence-electron chi connectivity index (χ4n) is 4.26. The fraction of sp³-hybridized carbons (Fsp3) is 0.696. The lowest BCUT2D eigenvalue weighted by Gasteiger charge is -2.39. The molecule has 0 amide bonds. The SMILES string of the molecule is CCNC(=NCC(C)N1CCN(CC)CC1)N1CCN(c2cccc(OC)c2)CC1. The number of hydrogen-bond acceptors (Lipinski definition) is 5. The van der Waals surface area contributed by atoms with E-state index in [1.165, 1.54) is 18.8 Å². The summed E-state index contributed by atoms with van der Waals surface area (Å²) in [6, 6.07) is 8.83. The van der Waals surface area contributed by atoms with Gasteiger partial charge < -0.3 is 24.8 Å². The summed E-state index contributed by atoms with van der Waals surface area (Å²) in [4.78, 5) is 15.0. The van der Waals surface area contributed by atoms with Gasteiger partial charge in [0.2, 0.25) is 0 Å². The van der Waals surface area contributed by atoms with Crippen molar-refractivity contribution in [1.82, 2.24) is 20.0 Å². The molecule has 2 fully saturated rings. The first kappa shape index (κ1) is 22.7. The van der Waals surface area contributed by atoms with Gasteiger partial charge in [-0.2, -0.15) is 0 Å². The van der Waals surface area contributed by atoms with Gasteiger partial charge in [0.15, 0.2) is 5.96 Å². The average Bonchev–Trinajstić information content (AvgIpc) is 2.81. The van der Waals surface area contributed by atoms with Gasteiger partial charge in [-0.15, -0.1) is 0 Å². The Morgan fingerprint density at radius 2 is 1.80 bits per heavy atom. The molecule has 2 aliphatic heterocycles. The summed E-state index contributed by atoms with van der Waals surface area (Å²) in [6.45, 7) is 18.2. The van der Waals surface area contributed by atoms with Crippen LogP contribution in [0.1, 0.15) is 20.8 Å². The topological polar surface area (TPSA) is 46.6 Å². The normalized spacial score (nSPS) is 20.3. The second-order valence-electron chi connectivity index (χ2n) is 8.19. The Morgan fingerprint density at radius 1 is 1.07 bits per heavy atom. The maximum absolute atomic E-state index is 5.38. The van der Waals surface area contributed by atoms with Crippen LogP contribution in [0.15, 0.2) is 29.3 Å². The molecule has 1 aromatic rings. The Labute approximate surface area is 182 Å². The molecule has 0 aliphatic carbocycles. The number of guanidine groups is 1. The molecule has 7 heteroatoms. The number of methoxy groups -OCH3 is 1. The molecule has 168 valence electrons. The summed E-state index contributed by atoms with van der Waals surface area (Å²) in [7, 11) is 1.72. The quantitative estimate of drug-likeness (QED) is 0.540. The van der Waals surface area contributed by atoms with Crippen LogP contribution in [0.25, 0.3) is 0 Å². The molecule has 0 saturated carbocycles. The molecule has 1 atom stereocenters. The average molecular weight is 417 g/mol.